The van der Waals surface area contributed by atoms with E-state index in [4.69, 9.17) is 4.52 Å². The van der Waals surface area contributed by atoms with Crippen LogP contribution in [-0.2, 0) is 6.54 Å². The lowest BCUT2D eigenvalue weighted by Gasteiger charge is -2.22. The Balaban J connectivity index is 1.61. The largest absolute Gasteiger partial charge is 0.338 e. The summed E-state index contributed by atoms with van der Waals surface area (Å²) in [6.45, 7) is 4.82. The molecule has 1 aromatic heterocycles. The van der Waals surface area contributed by atoms with Crippen molar-refractivity contribution in [3.8, 4) is 11.4 Å². The minimum atomic E-state index is 0.498. The van der Waals surface area contributed by atoms with Gasteiger partial charge in [0.15, 0.2) is 0 Å². The molecule has 1 atom stereocenters. The van der Waals surface area contributed by atoms with Crippen LogP contribution in [-0.4, -0.2) is 29.3 Å². The van der Waals surface area contributed by atoms with Gasteiger partial charge in [-0.05, 0) is 32.4 Å². The lowest BCUT2D eigenvalue weighted by atomic mass is 10.1. The van der Waals surface area contributed by atoms with Gasteiger partial charge in [-0.15, -0.1) is 0 Å². The van der Waals surface area contributed by atoms with E-state index in [9.17, 15) is 0 Å². The van der Waals surface area contributed by atoms with Crippen molar-refractivity contribution in [2.75, 3.05) is 13.1 Å². The molecule has 0 saturated carbocycles. The molecule has 2 heterocycles. The number of hydrogen-bond acceptors (Lipinski definition) is 5. The molecular weight excluding hydrogens is 252 g/mol. The summed E-state index contributed by atoms with van der Waals surface area (Å²) >= 11 is 0. The van der Waals surface area contributed by atoms with Crippen LogP contribution in [0.1, 0.15) is 24.3 Å². The van der Waals surface area contributed by atoms with Gasteiger partial charge in [0.2, 0.25) is 11.7 Å². The van der Waals surface area contributed by atoms with Crippen LogP contribution in [0.25, 0.3) is 11.4 Å². The standard InChI is InChI=1S/C15H20N4O/c1-11-4-2-5-12(8-11)15-18-14(20-19-15)10-17-13-6-3-7-16-9-13/h2,4-5,8,13,16-17H,3,6-7,9-10H2,1H3/t13-/m1/s1. The van der Waals surface area contributed by atoms with Gasteiger partial charge in [-0.25, -0.2) is 0 Å². The number of nitrogens with zero attached hydrogens (tertiary/aromatic N) is 2. The molecule has 0 amide bonds. The van der Waals surface area contributed by atoms with Gasteiger partial charge in [0.05, 0.1) is 6.54 Å². The maximum Gasteiger partial charge on any atom is 0.240 e. The molecule has 1 saturated heterocycles. The Kier molecular flexibility index (Phi) is 4.08. The minimum Gasteiger partial charge on any atom is -0.338 e. The molecule has 2 N–H and O–H groups in total. The predicted octanol–water partition coefficient (Wildman–Crippen LogP) is 1.89. The monoisotopic (exact) mass is 272 g/mol. The quantitative estimate of drug-likeness (QED) is 0.890. The van der Waals surface area contributed by atoms with E-state index in [1.165, 1.54) is 18.4 Å². The van der Waals surface area contributed by atoms with E-state index >= 15 is 0 Å². The smallest absolute Gasteiger partial charge is 0.240 e. The maximum absolute atomic E-state index is 5.31. The summed E-state index contributed by atoms with van der Waals surface area (Å²) in [5.74, 6) is 1.30. The third-order valence-electron chi connectivity index (χ3n) is 3.58. The van der Waals surface area contributed by atoms with Crippen molar-refractivity contribution in [2.45, 2.75) is 32.4 Å². The van der Waals surface area contributed by atoms with Crippen molar-refractivity contribution in [1.29, 1.82) is 0 Å². The van der Waals surface area contributed by atoms with Gasteiger partial charge in [-0.3, -0.25) is 0 Å². The fraction of sp³-hybridized carbons (Fsp3) is 0.467. The van der Waals surface area contributed by atoms with Crippen LogP contribution in [0.5, 0.6) is 0 Å². The van der Waals surface area contributed by atoms with Gasteiger partial charge < -0.3 is 15.2 Å². The average molecular weight is 272 g/mol. The highest BCUT2D eigenvalue weighted by Gasteiger charge is 2.14. The molecule has 1 aliphatic heterocycles. The molecule has 20 heavy (non-hydrogen) atoms. The Bertz CT molecular complexity index is 561. The molecule has 1 aromatic carbocycles. The lowest BCUT2D eigenvalue weighted by Crippen LogP contribution is -2.42. The second kappa shape index (κ2) is 6.15. The zero-order valence-electron chi connectivity index (χ0n) is 11.7. The molecule has 5 nitrogen and oxygen atoms in total. The summed E-state index contributed by atoms with van der Waals surface area (Å²) in [6, 6.07) is 8.63. The second-order valence-corrected chi connectivity index (χ2v) is 5.31. The van der Waals surface area contributed by atoms with E-state index in [1.54, 1.807) is 0 Å². The summed E-state index contributed by atoms with van der Waals surface area (Å²) < 4.78 is 5.31. The van der Waals surface area contributed by atoms with E-state index in [2.05, 4.69) is 39.8 Å². The van der Waals surface area contributed by atoms with E-state index < -0.39 is 0 Å². The highest BCUT2D eigenvalue weighted by molar-refractivity contribution is 5.55. The molecule has 2 aromatic rings. The van der Waals surface area contributed by atoms with Crippen molar-refractivity contribution < 1.29 is 4.52 Å². The summed E-state index contributed by atoms with van der Waals surface area (Å²) in [5.41, 5.74) is 2.19. The van der Waals surface area contributed by atoms with Gasteiger partial charge in [0.25, 0.3) is 0 Å². The molecule has 0 unspecified atom stereocenters. The van der Waals surface area contributed by atoms with Crippen molar-refractivity contribution in [3.63, 3.8) is 0 Å². The van der Waals surface area contributed by atoms with Crippen LogP contribution < -0.4 is 10.6 Å². The Hall–Kier alpha value is -1.72. The number of benzene rings is 1. The number of hydrogen-bond donors (Lipinski definition) is 2. The zero-order chi connectivity index (χ0) is 13.8. The first-order chi connectivity index (χ1) is 9.81. The van der Waals surface area contributed by atoms with Crippen LogP contribution in [0.4, 0.5) is 0 Å². The molecule has 0 radical (unpaired) electrons. The van der Waals surface area contributed by atoms with Gasteiger partial charge >= 0.3 is 0 Å². The SMILES string of the molecule is Cc1cccc(-c2noc(CN[C@@H]3CCCNC3)n2)c1. The van der Waals surface area contributed by atoms with Crippen LogP contribution in [0.3, 0.4) is 0 Å². The van der Waals surface area contributed by atoms with Crippen LogP contribution in [0.15, 0.2) is 28.8 Å². The molecule has 0 spiro atoms. The molecule has 1 fully saturated rings. The first kappa shape index (κ1) is 13.3. The molecule has 1 aliphatic rings. The van der Waals surface area contributed by atoms with Crippen molar-refractivity contribution in [3.05, 3.63) is 35.7 Å². The summed E-state index contributed by atoms with van der Waals surface area (Å²) in [4.78, 5) is 4.45. The fourth-order valence-corrected chi connectivity index (χ4v) is 2.49. The van der Waals surface area contributed by atoms with E-state index in [0.717, 1.165) is 18.7 Å². The van der Waals surface area contributed by atoms with E-state index in [-0.39, 0.29) is 0 Å². The topological polar surface area (TPSA) is 63.0 Å². The lowest BCUT2D eigenvalue weighted by molar-refractivity contribution is 0.335. The van der Waals surface area contributed by atoms with Crippen molar-refractivity contribution in [2.24, 2.45) is 0 Å². The first-order valence-electron chi connectivity index (χ1n) is 7.15. The Labute approximate surface area is 118 Å². The second-order valence-electron chi connectivity index (χ2n) is 5.31. The molecule has 3 rings (SSSR count). The normalized spacial score (nSPS) is 19.1. The third-order valence-corrected chi connectivity index (χ3v) is 3.58. The highest BCUT2D eigenvalue weighted by atomic mass is 16.5. The average Bonchev–Trinajstić information content (AvgIpc) is 2.95. The van der Waals surface area contributed by atoms with Gasteiger partial charge in [0, 0.05) is 18.2 Å². The van der Waals surface area contributed by atoms with Gasteiger partial charge in [-0.2, -0.15) is 4.98 Å². The van der Waals surface area contributed by atoms with Gasteiger partial charge in [-0.1, -0.05) is 28.9 Å². The van der Waals surface area contributed by atoms with E-state index in [0.29, 0.717) is 24.3 Å². The summed E-state index contributed by atoms with van der Waals surface area (Å²) in [6.07, 6.45) is 2.42. The van der Waals surface area contributed by atoms with Crippen LogP contribution in [0.2, 0.25) is 0 Å². The molecule has 5 heteroatoms. The number of nitrogens with one attached hydrogen (secondary N) is 2. The Morgan fingerprint density at radius 1 is 1.45 bits per heavy atom. The maximum atomic E-state index is 5.31. The Morgan fingerprint density at radius 3 is 3.20 bits per heavy atom. The molecular formula is C15H20N4O. The number of aromatic nitrogens is 2. The number of aryl methyl sites for hydroxylation is 1. The third kappa shape index (κ3) is 3.23. The first-order valence-corrected chi connectivity index (χ1v) is 7.15. The molecule has 0 aliphatic carbocycles. The highest BCUT2D eigenvalue weighted by Crippen LogP contribution is 2.17. The summed E-state index contributed by atoms with van der Waals surface area (Å²) in [7, 11) is 0. The number of piperidine rings is 1. The number of rotatable bonds is 4. The van der Waals surface area contributed by atoms with Gasteiger partial charge in [0.1, 0.15) is 0 Å². The molecule has 0 bridgehead atoms. The fourth-order valence-electron chi connectivity index (χ4n) is 2.49. The zero-order valence-corrected chi connectivity index (χ0v) is 11.7. The van der Waals surface area contributed by atoms with Crippen molar-refractivity contribution in [1.82, 2.24) is 20.8 Å². The Morgan fingerprint density at radius 2 is 2.40 bits per heavy atom. The van der Waals surface area contributed by atoms with Crippen molar-refractivity contribution >= 4 is 0 Å². The van der Waals surface area contributed by atoms with Crippen LogP contribution in [0, 0.1) is 6.92 Å². The minimum absolute atomic E-state index is 0.498. The molecule has 106 valence electrons. The predicted molar refractivity (Wildman–Crippen MR) is 77.2 cm³/mol. The summed E-state index contributed by atoms with van der Waals surface area (Å²) in [5, 5.41) is 10.9. The van der Waals surface area contributed by atoms with Crippen LogP contribution >= 0.6 is 0 Å². The van der Waals surface area contributed by atoms with E-state index in [1.807, 2.05) is 12.1 Å².